The first-order chi connectivity index (χ1) is 33.8. The summed E-state index contributed by atoms with van der Waals surface area (Å²) < 4.78 is 5.37. The number of nitrogens with two attached hydrogens (primary N) is 1. The van der Waals surface area contributed by atoms with E-state index in [1.807, 2.05) is 78.9 Å². The van der Waals surface area contributed by atoms with E-state index < -0.39 is 58.4 Å². The Kier molecular flexibility index (Phi) is 17.3. The molecule has 4 aromatic carbocycles. The molecule has 2 fully saturated rings. The number of carboxylic acids is 1. The van der Waals surface area contributed by atoms with Crippen LogP contribution in [0.1, 0.15) is 59.9 Å². The van der Waals surface area contributed by atoms with Crippen LogP contribution in [0.3, 0.4) is 0 Å². The van der Waals surface area contributed by atoms with Gasteiger partial charge in [0.2, 0.25) is 35.4 Å². The van der Waals surface area contributed by atoms with Gasteiger partial charge in [0.15, 0.2) is 0 Å². The molecule has 7 rings (SSSR count). The van der Waals surface area contributed by atoms with Crippen LogP contribution in [0.5, 0.6) is 0 Å². The molecular formula is C54H63N7O9. The molecule has 4 aromatic rings. The molecule has 2 bridgehead atoms. The highest BCUT2D eigenvalue weighted by molar-refractivity contribution is 5.97. The van der Waals surface area contributed by atoms with Crippen LogP contribution < -0.4 is 32.3 Å². The van der Waals surface area contributed by atoms with E-state index in [0.29, 0.717) is 62.9 Å². The lowest BCUT2D eigenvalue weighted by atomic mass is 9.74. The van der Waals surface area contributed by atoms with Gasteiger partial charge in [0.05, 0.1) is 30.5 Å². The van der Waals surface area contributed by atoms with Gasteiger partial charge in [-0.05, 0) is 83.9 Å². The van der Waals surface area contributed by atoms with Crippen LogP contribution in [-0.2, 0) is 70.5 Å². The minimum Gasteiger partial charge on any atom is -0.481 e. The number of piperidine rings is 1. The highest BCUT2D eigenvalue weighted by atomic mass is 16.5. The van der Waals surface area contributed by atoms with E-state index in [1.54, 1.807) is 29.2 Å². The van der Waals surface area contributed by atoms with Gasteiger partial charge in [0.1, 0.15) is 12.1 Å². The van der Waals surface area contributed by atoms with E-state index >= 15 is 0 Å². The quantitative estimate of drug-likeness (QED) is 0.0912. The van der Waals surface area contributed by atoms with E-state index in [0.717, 1.165) is 33.9 Å². The molecule has 3 aliphatic rings. The van der Waals surface area contributed by atoms with Crippen LogP contribution in [0, 0.1) is 10.8 Å². The van der Waals surface area contributed by atoms with Crippen molar-refractivity contribution in [1.82, 2.24) is 31.5 Å². The average molecular weight is 954 g/mol. The highest BCUT2D eigenvalue weighted by Crippen LogP contribution is 2.48. The Bertz CT molecular complexity index is 2530. The zero-order valence-electron chi connectivity index (χ0n) is 39.4. The van der Waals surface area contributed by atoms with Crippen molar-refractivity contribution in [3.8, 4) is 11.1 Å². The summed E-state index contributed by atoms with van der Waals surface area (Å²) in [4.78, 5) is 96.6. The Morgan fingerprint density at radius 3 is 2.11 bits per heavy atom. The molecule has 0 unspecified atom stereocenters. The summed E-state index contributed by atoms with van der Waals surface area (Å²) in [5.74, 6) is -3.56. The number of amides is 6. The number of carbonyl (C=O) groups is 7. The number of carbonyl (C=O) groups excluding carboxylic acids is 6. The number of carboxylic acid groups (broad SMARTS) is 1. The van der Waals surface area contributed by atoms with Gasteiger partial charge in [-0.1, -0.05) is 103 Å². The third-order valence-corrected chi connectivity index (χ3v) is 13.4. The number of hydrogen-bond donors (Lipinski definition) is 7. The Morgan fingerprint density at radius 1 is 0.757 bits per heavy atom. The van der Waals surface area contributed by atoms with Crippen LogP contribution in [-0.4, -0.2) is 109 Å². The smallest absolute Gasteiger partial charge is 0.309 e. The Hall–Kier alpha value is -7.17. The molecule has 16 heteroatoms. The van der Waals surface area contributed by atoms with Crippen molar-refractivity contribution in [3.63, 3.8) is 0 Å². The van der Waals surface area contributed by atoms with Crippen molar-refractivity contribution < 1.29 is 43.4 Å². The number of rotatable bonds is 14. The number of hydrogen-bond acceptors (Lipinski definition) is 9. The zero-order chi connectivity index (χ0) is 49.5. The van der Waals surface area contributed by atoms with Gasteiger partial charge in [-0.3, -0.25) is 33.6 Å². The Labute approximate surface area is 408 Å². The maximum atomic E-state index is 15.0. The Balaban J connectivity index is 1.16. The molecule has 1 saturated carbocycles. The van der Waals surface area contributed by atoms with Crippen molar-refractivity contribution in [2.75, 3.05) is 45.9 Å². The summed E-state index contributed by atoms with van der Waals surface area (Å²) in [6, 6.07) is 30.2. The van der Waals surface area contributed by atoms with Gasteiger partial charge in [-0.2, -0.15) is 0 Å². The molecule has 2 aliphatic heterocycles. The second kappa shape index (κ2) is 23.9. The van der Waals surface area contributed by atoms with E-state index in [-0.39, 0.29) is 64.4 Å². The molecule has 0 radical (unpaired) electrons. The van der Waals surface area contributed by atoms with E-state index in [1.165, 1.54) is 6.08 Å². The monoisotopic (exact) mass is 953 g/mol. The highest BCUT2D eigenvalue weighted by Gasteiger charge is 2.50. The second-order valence-electron chi connectivity index (χ2n) is 18.6. The van der Waals surface area contributed by atoms with Crippen LogP contribution in [0.4, 0.5) is 0 Å². The fourth-order valence-electron chi connectivity index (χ4n) is 9.23. The Morgan fingerprint density at radius 2 is 1.43 bits per heavy atom. The van der Waals surface area contributed by atoms with Crippen LogP contribution in [0.15, 0.2) is 115 Å². The van der Waals surface area contributed by atoms with Crippen LogP contribution in [0.2, 0.25) is 0 Å². The fraction of sp³-hybridized carbons (Fsp3) is 0.389. The average Bonchev–Trinajstić information content (AvgIpc) is 4.16. The summed E-state index contributed by atoms with van der Waals surface area (Å²) in [6.45, 7) is 1.47. The largest absolute Gasteiger partial charge is 0.481 e. The summed E-state index contributed by atoms with van der Waals surface area (Å²) in [7, 11) is 0. The summed E-state index contributed by atoms with van der Waals surface area (Å²) >= 11 is 0. The third-order valence-electron chi connectivity index (χ3n) is 13.4. The van der Waals surface area contributed by atoms with Crippen molar-refractivity contribution in [3.05, 3.63) is 143 Å². The number of ether oxygens (including phenoxy) is 1. The third kappa shape index (κ3) is 13.8. The molecule has 6 amide bonds. The van der Waals surface area contributed by atoms with Crippen molar-refractivity contribution in [1.29, 1.82) is 0 Å². The molecular weight excluding hydrogens is 891 g/mol. The molecule has 3 atom stereocenters. The lowest BCUT2D eigenvalue weighted by Gasteiger charge is -2.42. The lowest BCUT2D eigenvalue weighted by Crippen LogP contribution is -2.58. The SMILES string of the molecule is NCCOCCNC(=O)[C@@H]1CCNC(=O)/C=C/C(=O)N2CCC[C@](Cc3ccccc3)(C2)C(=O)N[C@@H](Cc2ccc(-c3ccc(CC4(C(=O)O)CC4)cc3)cc2)C(=O)NCc2ccccc2CC(=O)N1. The maximum Gasteiger partial charge on any atom is 0.309 e. The molecule has 2 heterocycles. The lowest BCUT2D eigenvalue weighted by molar-refractivity contribution is -0.143. The molecule has 1 saturated heterocycles. The maximum absolute atomic E-state index is 15.0. The second-order valence-corrected chi connectivity index (χ2v) is 18.6. The molecule has 0 spiro atoms. The van der Waals surface area contributed by atoms with Gasteiger partial charge in [-0.25, -0.2) is 0 Å². The molecule has 16 nitrogen and oxygen atoms in total. The van der Waals surface area contributed by atoms with Crippen molar-refractivity contribution in [2.24, 2.45) is 16.6 Å². The van der Waals surface area contributed by atoms with Gasteiger partial charge in [0.25, 0.3) is 0 Å². The topological polar surface area (TPSA) is 238 Å². The number of aliphatic carboxylic acids is 1. The standard InChI is InChI=1S/C54H63N7O9/c55-25-29-70-30-27-57-49(65)44-21-26-56-46(62)19-20-48(64)61-28-6-22-54(36-61,34-38-7-2-1-3-8-38)51(67)60-45(50(66)58-35-43-10-5-4-9-42(43)32-47(63)59-44)31-37-11-15-40(16-12-37)41-17-13-39(14-18-41)33-53(23-24-53)52(68)69/h1-5,7-20,44-45H,6,21-36,55H2,(H,56,62)(H,57,65)(H,58,66)(H,59,63)(H,60,67)(H,68,69)/b20-19+/t44-,45-,54-/m0/s1. The van der Waals surface area contributed by atoms with Crippen molar-refractivity contribution in [2.45, 2.75) is 76.4 Å². The summed E-state index contributed by atoms with van der Waals surface area (Å²) in [5, 5.41) is 24.1. The number of benzene rings is 4. The van der Waals surface area contributed by atoms with Gasteiger partial charge >= 0.3 is 5.97 Å². The first-order valence-corrected chi connectivity index (χ1v) is 24.1. The minimum absolute atomic E-state index is 0.00322. The van der Waals surface area contributed by atoms with Crippen molar-refractivity contribution >= 4 is 41.4 Å². The predicted molar refractivity (Wildman–Crippen MR) is 262 cm³/mol. The number of fused-ring (bicyclic) bond motifs is 3. The zero-order valence-corrected chi connectivity index (χ0v) is 39.4. The van der Waals surface area contributed by atoms with Crippen LogP contribution >= 0.6 is 0 Å². The number of nitrogens with zero attached hydrogens (tertiary/aromatic N) is 1. The van der Waals surface area contributed by atoms with E-state index in [9.17, 15) is 38.7 Å². The summed E-state index contributed by atoms with van der Waals surface area (Å²) in [5.41, 5.74) is 9.46. The fourth-order valence-corrected chi connectivity index (χ4v) is 9.23. The first kappa shape index (κ1) is 50.7. The van der Waals surface area contributed by atoms with E-state index in [4.69, 9.17) is 10.5 Å². The van der Waals surface area contributed by atoms with Gasteiger partial charge in [-0.15, -0.1) is 0 Å². The van der Waals surface area contributed by atoms with Gasteiger partial charge in [0, 0.05) is 57.8 Å². The number of nitrogens with one attached hydrogen (secondary N) is 5. The molecule has 70 heavy (non-hydrogen) atoms. The normalized spacial score (nSPS) is 21.6. The molecule has 1 aliphatic carbocycles. The molecule has 368 valence electrons. The van der Waals surface area contributed by atoms with E-state index in [2.05, 4.69) is 26.6 Å². The predicted octanol–water partition coefficient (Wildman–Crippen LogP) is 3.15. The minimum atomic E-state index is -1.13. The molecule has 8 N–H and O–H groups in total. The molecule has 0 aromatic heterocycles. The van der Waals surface area contributed by atoms with Gasteiger partial charge < -0.3 is 47.1 Å². The van der Waals surface area contributed by atoms with Crippen LogP contribution in [0.25, 0.3) is 11.1 Å². The summed E-state index contributed by atoms with van der Waals surface area (Å²) in [6.07, 6.45) is 5.41. The first-order valence-electron chi connectivity index (χ1n) is 24.1.